The van der Waals surface area contributed by atoms with Crippen molar-refractivity contribution in [3.8, 4) is 11.1 Å². The van der Waals surface area contributed by atoms with Crippen LogP contribution in [-0.4, -0.2) is 8.67 Å². The molecule has 0 radical (unpaired) electrons. The zero-order valence-corrected chi connectivity index (χ0v) is 38.6. The predicted molar refractivity (Wildman–Crippen MR) is 285 cm³/mol. The van der Waals surface area contributed by atoms with Gasteiger partial charge in [0.2, 0.25) is 0 Å². The highest BCUT2D eigenvalue weighted by Crippen LogP contribution is 2.75. The van der Waals surface area contributed by atoms with E-state index in [0.717, 1.165) is 0 Å². The zero-order valence-electron chi connectivity index (χ0n) is 35.6. The maximum atomic E-state index is 6.54. The summed E-state index contributed by atoms with van der Waals surface area (Å²) in [4.78, 5) is 0. The molecule has 4 aliphatic carbocycles. The molecule has 4 aliphatic rings. The van der Waals surface area contributed by atoms with Crippen molar-refractivity contribution < 1.29 is 0 Å². The SMILES string of the molecule is ClC1(Cl)C2c3cccc4ccc5cccc(c5c34)C21.ClC1(Cl)C2c3ccccc3-c3ccccc3C21.c1cc2ccc3cccc4ccc(c1)c2c34.c1ccc2c(c1)ccc1ccccc12. The Morgan fingerprint density at radius 2 is 0.485 bits per heavy atom. The molecule has 0 N–H and O–H groups in total. The van der Waals surface area contributed by atoms with Crippen molar-refractivity contribution in [2.75, 3.05) is 0 Å². The van der Waals surface area contributed by atoms with Gasteiger partial charge < -0.3 is 0 Å². The Kier molecular flexibility index (Phi) is 9.26. The van der Waals surface area contributed by atoms with E-state index in [2.05, 4.69) is 218 Å². The number of fused-ring (bicyclic) bond motifs is 12. The highest BCUT2D eigenvalue weighted by molar-refractivity contribution is 6.53. The molecule has 2 fully saturated rings. The van der Waals surface area contributed by atoms with Crippen LogP contribution in [0.1, 0.15) is 45.9 Å². The van der Waals surface area contributed by atoms with Crippen LogP contribution in [0.4, 0.5) is 0 Å². The van der Waals surface area contributed by atoms with E-state index in [1.165, 1.54) is 109 Å². The molecule has 16 rings (SSSR count). The van der Waals surface area contributed by atoms with Crippen LogP contribution in [0.3, 0.4) is 0 Å². The quantitative estimate of drug-likeness (QED) is 0.105. The van der Waals surface area contributed by atoms with Gasteiger partial charge in [0.25, 0.3) is 0 Å². The van der Waals surface area contributed by atoms with Crippen molar-refractivity contribution in [3.63, 3.8) is 0 Å². The lowest BCUT2D eigenvalue weighted by Gasteiger charge is -2.17. The summed E-state index contributed by atoms with van der Waals surface area (Å²) in [6.45, 7) is 0. The molecule has 0 spiro atoms. The van der Waals surface area contributed by atoms with E-state index < -0.39 is 8.67 Å². The first kappa shape index (κ1) is 40.2. The third kappa shape index (κ3) is 6.19. The summed E-state index contributed by atoms with van der Waals surface area (Å²) in [5.74, 6) is 1.02. The Morgan fingerprint density at radius 1 is 0.227 bits per heavy atom. The second kappa shape index (κ2) is 15.2. The number of benzene rings is 12. The highest BCUT2D eigenvalue weighted by atomic mass is 35.5. The van der Waals surface area contributed by atoms with Crippen molar-refractivity contribution in [2.24, 2.45) is 0 Å². The number of hydrogen-bond acceptors (Lipinski definition) is 0. The van der Waals surface area contributed by atoms with Crippen LogP contribution in [-0.2, 0) is 0 Å². The Balaban J connectivity index is 0.0000000883. The van der Waals surface area contributed by atoms with Crippen molar-refractivity contribution >= 4 is 122 Å². The normalized spacial score (nSPS) is 19.5. The van der Waals surface area contributed by atoms with Gasteiger partial charge in [-0.25, -0.2) is 0 Å². The molecule has 0 aromatic heterocycles. The van der Waals surface area contributed by atoms with Crippen LogP contribution < -0.4 is 0 Å². The Hall–Kier alpha value is -6.12. The summed E-state index contributed by atoms with van der Waals surface area (Å²) in [6.07, 6.45) is 0. The number of halogens is 4. The van der Waals surface area contributed by atoms with Gasteiger partial charge in [-0.15, -0.1) is 46.4 Å². The molecular weight excluding hydrogens is 886 g/mol. The maximum absolute atomic E-state index is 6.54. The molecule has 4 atom stereocenters. The van der Waals surface area contributed by atoms with Gasteiger partial charge in [0, 0.05) is 23.7 Å². The van der Waals surface area contributed by atoms with Gasteiger partial charge in [-0.05, 0) is 109 Å². The summed E-state index contributed by atoms with van der Waals surface area (Å²) < 4.78 is -1.26. The fourth-order valence-corrected chi connectivity index (χ4v) is 13.3. The van der Waals surface area contributed by atoms with E-state index in [1.54, 1.807) is 0 Å². The first-order valence-corrected chi connectivity index (χ1v) is 24.2. The molecular formula is C62H40Cl4. The summed E-state index contributed by atoms with van der Waals surface area (Å²) in [5.41, 5.74) is 7.79. The van der Waals surface area contributed by atoms with Gasteiger partial charge in [-0.1, -0.05) is 218 Å². The van der Waals surface area contributed by atoms with Gasteiger partial charge in [0.1, 0.15) is 8.67 Å². The van der Waals surface area contributed by atoms with E-state index in [0.29, 0.717) is 0 Å². The molecule has 4 heteroatoms. The molecule has 12 aromatic carbocycles. The standard InChI is InChI=1S/C17H10Cl2.C16H10.C15H10Cl2.C14H10/c18-17(19)15-11-5-1-3-9-7-8-10-4-2-6-12(16(15)17)14(10)13(9)11;1-3-11-7-9-13-5-2-6-14-10-8-12(4-1)15(11)16(13)14;16-15(17)13-11-7-3-1-5-9(11)10-6-2-4-8-12(10)14(13)15;1-3-7-13-11(5-1)9-10-12-6-2-4-8-14(12)13/h1-8,15-16H;1-10H;1-8,13-14H;1-10H. The van der Waals surface area contributed by atoms with E-state index in [9.17, 15) is 0 Å². The topological polar surface area (TPSA) is 0 Å². The Morgan fingerprint density at radius 3 is 0.879 bits per heavy atom. The third-order valence-electron chi connectivity index (χ3n) is 14.7. The lowest BCUT2D eigenvalue weighted by atomic mass is 9.86. The van der Waals surface area contributed by atoms with E-state index in [4.69, 9.17) is 46.4 Å². The minimum Gasteiger partial charge on any atom is -0.100 e. The minimum absolute atomic E-state index is 0.250. The van der Waals surface area contributed by atoms with Crippen molar-refractivity contribution in [3.05, 3.63) is 241 Å². The molecule has 0 amide bonds. The van der Waals surface area contributed by atoms with Crippen LogP contribution in [0, 0.1) is 0 Å². The van der Waals surface area contributed by atoms with Gasteiger partial charge >= 0.3 is 0 Å². The predicted octanol–water partition coefficient (Wildman–Crippen LogP) is 18.7. The summed E-state index contributed by atoms with van der Waals surface area (Å²) in [6, 6.07) is 77.4. The largest absolute Gasteiger partial charge is 0.133 e. The summed E-state index contributed by atoms with van der Waals surface area (Å²) >= 11 is 25.9. The smallest absolute Gasteiger partial charge is 0.100 e. The second-order valence-electron chi connectivity index (χ2n) is 18.2. The van der Waals surface area contributed by atoms with E-state index >= 15 is 0 Å². The van der Waals surface area contributed by atoms with Crippen LogP contribution >= 0.6 is 46.4 Å². The van der Waals surface area contributed by atoms with Crippen molar-refractivity contribution in [1.29, 1.82) is 0 Å². The second-order valence-corrected chi connectivity index (χ2v) is 21.1. The summed E-state index contributed by atoms with van der Waals surface area (Å²) in [5, 5.41) is 18.7. The molecule has 0 bridgehead atoms. The molecule has 4 unspecified atom stereocenters. The van der Waals surface area contributed by atoms with E-state index in [-0.39, 0.29) is 23.7 Å². The Bertz CT molecular complexity index is 3580. The monoisotopic (exact) mass is 924 g/mol. The molecule has 66 heavy (non-hydrogen) atoms. The number of alkyl halides is 4. The zero-order chi connectivity index (χ0) is 44.3. The van der Waals surface area contributed by atoms with Gasteiger partial charge in [0.15, 0.2) is 0 Å². The first-order chi connectivity index (χ1) is 32.3. The third-order valence-corrected chi connectivity index (χ3v) is 16.5. The van der Waals surface area contributed by atoms with Gasteiger partial charge in [0.05, 0.1) is 0 Å². The molecule has 0 nitrogen and oxygen atoms in total. The van der Waals surface area contributed by atoms with Crippen molar-refractivity contribution in [1.82, 2.24) is 0 Å². The van der Waals surface area contributed by atoms with Gasteiger partial charge in [-0.3, -0.25) is 0 Å². The highest BCUT2D eigenvalue weighted by Gasteiger charge is 2.67. The molecule has 0 heterocycles. The van der Waals surface area contributed by atoms with Crippen LogP contribution in [0.15, 0.2) is 218 Å². The van der Waals surface area contributed by atoms with Gasteiger partial charge in [-0.2, -0.15) is 0 Å². The Labute approximate surface area is 403 Å². The number of hydrogen-bond donors (Lipinski definition) is 0. The molecule has 2 saturated carbocycles. The van der Waals surface area contributed by atoms with Crippen LogP contribution in [0.2, 0.25) is 0 Å². The fourth-order valence-electron chi connectivity index (χ4n) is 11.6. The average Bonchev–Trinajstić information content (AvgIpc) is 4.19. The lowest BCUT2D eigenvalue weighted by molar-refractivity contribution is 1.01. The molecule has 316 valence electrons. The first-order valence-electron chi connectivity index (χ1n) is 22.7. The fraction of sp³-hybridized carbons (Fsp3) is 0.0968. The van der Waals surface area contributed by atoms with E-state index in [1.807, 2.05) is 0 Å². The van der Waals surface area contributed by atoms with Crippen LogP contribution in [0.25, 0.3) is 86.5 Å². The van der Waals surface area contributed by atoms with Crippen molar-refractivity contribution in [2.45, 2.75) is 32.3 Å². The molecule has 12 aromatic rings. The molecule has 0 aliphatic heterocycles. The lowest BCUT2D eigenvalue weighted by Crippen LogP contribution is -1.98. The average molecular weight is 927 g/mol. The van der Waals surface area contributed by atoms with Crippen LogP contribution in [0.5, 0.6) is 0 Å². The molecule has 0 saturated heterocycles. The summed E-state index contributed by atoms with van der Waals surface area (Å²) in [7, 11) is 0. The maximum Gasteiger partial charge on any atom is 0.133 e. The number of rotatable bonds is 0. The minimum atomic E-state index is -0.637.